The van der Waals surface area contributed by atoms with Crippen LogP contribution in [0, 0.1) is 13.8 Å². The second-order valence-electron chi connectivity index (χ2n) is 8.77. The van der Waals surface area contributed by atoms with Crippen molar-refractivity contribution in [3.8, 4) is 11.5 Å². The highest BCUT2D eigenvalue weighted by molar-refractivity contribution is 7.90. The Labute approximate surface area is 205 Å². The summed E-state index contributed by atoms with van der Waals surface area (Å²) in [6, 6.07) is 13.5. The Morgan fingerprint density at radius 2 is 1.80 bits per heavy atom. The first kappa shape index (κ1) is 24.7. The highest BCUT2D eigenvalue weighted by atomic mass is 32.2. The smallest absolute Gasteiger partial charge is 0.251 e. The van der Waals surface area contributed by atoms with Crippen molar-refractivity contribution in [3.63, 3.8) is 0 Å². The molecular formula is C26H29N3O5S. The molecule has 8 nitrogen and oxygen atoms in total. The van der Waals surface area contributed by atoms with E-state index in [0.29, 0.717) is 54.4 Å². The van der Waals surface area contributed by atoms with E-state index in [1.54, 1.807) is 55.5 Å². The van der Waals surface area contributed by atoms with E-state index in [1.807, 2.05) is 11.8 Å². The summed E-state index contributed by atoms with van der Waals surface area (Å²) in [6.45, 7) is 5.53. The molecule has 0 saturated carbocycles. The molecule has 1 aromatic heterocycles. The van der Waals surface area contributed by atoms with Crippen molar-refractivity contribution in [1.82, 2.24) is 15.2 Å². The molecule has 1 N–H and O–H groups in total. The lowest BCUT2D eigenvalue weighted by Gasteiger charge is -2.15. The quantitative estimate of drug-likeness (QED) is 0.454. The van der Waals surface area contributed by atoms with Crippen LogP contribution < -0.4 is 5.32 Å². The Hall–Kier alpha value is -3.46. The molecule has 3 aromatic rings. The van der Waals surface area contributed by atoms with Crippen LogP contribution in [0.5, 0.6) is 0 Å². The largest absolute Gasteiger partial charge is 0.441 e. The third-order valence-electron chi connectivity index (χ3n) is 6.06. The van der Waals surface area contributed by atoms with E-state index in [9.17, 15) is 18.0 Å². The number of amides is 2. The van der Waals surface area contributed by atoms with Crippen LogP contribution in [-0.2, 0) is 20.4 Å². The molecule has 0 bridgehead atoms. The summed E-state index contributed by atoms with van der Waals surface area (Å²) in [7, 11) is -3.56. The van der Waals surface area contributed by atoms with Crippen LogP contribution in [0.1, 0.15) is 46.6 Å². The monoisotopic (exact) mass is 495 g/mol. The van der Waals surface area contributed by atoms with Crippen molar-refractivity contribution in [2.45, 2.75) is 43.8 Å². The van der Waals surface area contributed by atoms with Gasteiger partial charge in [-0.25, -0.2) is 13.4 Å². The molecule has 1 aliphatic heterocycles. The lowest BCUT2D eigenvalue weighted by Crippen LogP contribution is -2.30. The zero-order chi connectivity index (χ0) is 25.0. The minimum Gasteiger partial charge on any atom is -0.441 e. The summed E-state index contributed by atoms with van der Waals surface area (Å²) in [5, 5.41) is 2.87. The molecule has 1 fully saturated rings. The minimum absolute atomic E-state index is 0.185. The predicted molar refractivity (Wildman–Crippen MR) is 132 cm³/mol. The number of oxazole rings is 1. The van der Waals surface area contributed by atoms with E-state index >= 15 is 0 Å². The van der Waals surface area contributed by atoms with Crippen molar-refractivity contribution in [3.05, 3.63) is 71.1 Å². The number of aryl methyl sites for hydroxylation is 2. The lowest BCUT2D eigenvalue weighted by atomic mass is 10.1. The standard InChI is InChI=1S/C26H29N3O5S/c1-18-6-12-22(13-7-18)35(32,33)17-23-19(2)34-26(28-23)21-10-8-20(9-11-21)25(31)27-14-4-16-29-15-3-5-24(29)30/h6-13H,3-5,14-17H2,1-2H3,(H,27,31). The topological polar surface area (TPSA) is 110 Å². The Bertz CT molecular complexity index is 1310. The number of carbonyl (C=O) groups excluding carboxylic acids is 2. The van der Waals surface area contributed by atoms with Gasteiger partial charge in [0, 0.05) is 37.2 Å². The van der Waals surface area contributed by atoms with Gasteiger partial charge in [-0.05, 0) is 63.1 Å². The van der Waals surface area contributed by atoms with Gasteiger partial charge in [-0.15, -0.1) is 0 Å². The first-order valence-corrected chi connectivity index (χ1v) is 13.3. The fourth-order valence-electron chi connectivity index (χ4n) is 3.97. The zero-order valence-corrected chi connectivity index (χ0v) is 20.7. The van der Waals surface area contributed by atoms with Gasteiger partial charge in [-0.2, -0.15) is 0 Å². The van der Waals surface area contributed by atoms with Crippen LogP contribution in [0.15, 0.2) is 57.8 Å². The number of nitrogens with one attached hydrogen (secondary N) is 1. The number of likely N-dealkylation sites (tertiary alicyclic amines) is 1. The SMILES string of the molecule is Cc1ccc(S(=O)(=O)Cc2nc(-c3ccc(C(=O)NCCCN4CCCC4=O)cc3)oc2C)cc1. The van der Waals surface area contributed by atoms with E-state index in [0.717, 1.165) is 18.5 Å². The van der Waals surface area contributed by atoms with Gasteiger partial charge >= 0.3 is 0 Å². The van der Waals surface area contributed by atoms with Crippen LogP contribution in [-0.4, -0.2) is 49.8 Å². The number of rotatable bonds is 9. The molecule has 4 rings (SSSR count). The van der Waals surface area contributed by atoms with Crippen LogP contribution in [0.2, 0.25) is 0 Å². The van der Waals surface area contributed by atoms with Gasteiger partial charge in [-0.1, -0.05) is 17.7 Å². The average molecular weight is 496 g/mol. The molecule has 0 unspecified atom stereocenters. The van der Waals surface area contributed by atoms with Crippen molar-refractivity contribution in [1.29, 1.82) is 0 Å². The number of hydrogen-bond acceptors (Lipinski definition) is 6. The zero-order valence-electron chi connectivity index (χ0n) is 19.9. The van der Waals surface area contributed by atoms with Crippen LogP contribution in [0.3, 0.4) is 0 Å². The van der Waals surface area contributed by atoms with Gasteiger partial charge < -0.3 is 14.6 Å². The molecule has 0 spiro atoms. The van der Waals surface area contributed by atoms with E-state index in [-0.39, 0.29) is 22.5 Å². The van der Waals surface area contributed by atoms with Gasteiger partial charge in [0.2, 0.25) is 11.8 Å². The number of nitrogens with zero attached hydrogens (tertiary/aromatic N) is 2. The molecule has 2 aromatic carbocycles. The molecular weight excluding hydrogens is 466 g/mol. The molecule has 0 radical (unpaired) electrons. The molecule has 2 amide bonds. The van der Waals surface area contributed by atoms with Gasteiger partial charge in [0.1, 0.15) is 11.5 Å². The van der Waals surface area contributed by atoms with E-state index in [2.05, 4.69) is 10.3 Å². The summed E-state index contributed by atoms with van der Waals surface area (Å²) in [4.78, 5) is 30.5. The third kappa shape index (κ3) is 5.97. The third-order valence-corrected chi connectivity index (χ3v) is 7.70. The van der Waals surface area contributed by atoms with Crippen LogP contribution in [0.4, 0.5) is 0 Å². The van der Waals surface area contributed by atoms with Gasteiger partial charge in [0.15, 0.2) is 9.84 Å². The Morgan fingerprint density at radius 1 is 1.09 bits per heavy atom. The van der Waals surface area contributed by atoms with Gasteiger partial charge in [0.25, 0.3) is 5.91 Å². The van der Waals surface area contributed by atoms with Crippen molar-refractivity contribution < 1.29 is 22.4 Å². The first-order valence-electron chi connectivity index (χ1n) is 11.6. The summed E-state index contributed by atoms with van der Waals surface area (Å²) in [5.41, 5.74) is 2.49. The van der Waals surface area contributed by atoms with Gasteiger partial charge in [-0.3, -0.25) is 9.59 Å². The number of hydrogen-bond donors (Lipinski definition) is 1. The normalized spacial score (nSPS) is 13.9. The highest BCUT2D eigenvalue weighted by Gasteiger charge is 2.21. The van der Waals surface area contributed by atoms with Gasteiger partial charge in [0.05, 0.1) is 10.6 Å². The summed E-state index contributed by atoms with van der Waals surface area (Å²) >= 11 is 0. The number of benzene rings is 2. The van der Waals surface area contributed by atoms with Crippen molar-refractivity contribution in [2.24, 2.45) is 0 Å². The van der Waals surface area contributed by atoms with E-state index in [4.69, 9.17) is 4.42 Å². The molecule has 1 aliphatic rings. The molecule has 1 saturated heterocycles. The molecule has 2 heterocycles. The summed E-state index contributed by atoms with van der Waals surface area (Å²) < 4.78 is 31.3. The molecule has 0 atom stereocenters. The fraction of sp³-hybridized carbons (Fsp3) is 0.346. The Kier molecular flexibility index (Phi) is 7.35. The van der Waals surface area contributed by atoms with Crippen LogP contribution in [0.25, 0.3) is 11.5 Å². The Morgan fingerprint density at radius 3 is 2.46 bits per heavy atom. The van der Waals surface area contributed by atoms with E-state index < -0.39 is 9.84 Å². The number of carbonyl (C=O) groups is 2. The molecule has 184 valence electrons. The average Bonchev–Trinajstić information content (AvgIpc) is 3.41. The molecule has 0 aliphatic carbocycles. The predicted octanol–water partition coefficient (Wildman–Crippen LogP) is 3.67. The lowest BCUT2D eigenvalue weighted by molar-refractivity contribution is -0.127. The first-order chi connectivity index (χ1) is 16.7. The van der Waals surface area contributed by atoms with Crippen molar-refractivity contribution in [2.75, 3.05) is 19.6 Å². The minimum atomic E-state index is -3.56. The van der Waals surface area contributed by atoms with Crippen molar-refractivity contribution >= 4 is 21.7 Å². The maximum atomic E-state index is 12.8. The highest BCUT2D eigenvalue weighted by Crippen LogP contribution is 2.25. The fourth-order valence-corrected chi connectivity index (χ4v) is 5.32. The van der Waals surface area contributed by atoms with E-state index in [1.165, 1.54) is 0 Å². The molecule has 35 heavy (non-hydrogen) atoms. The second-order valence-corrected chi connectivity index (χ2v) is 10.8. The molecule has 9 heteroatoms. The maximum absolute atomic E-state index is 12.8. The number of aromatic nitrogens is 1. The maximum Gasteiger partial charge on any atom is 0.251 e. The second kappa shape index (κ2) is 10.4. The Balaban J connectivity index is 1.36. The van der Waals surface area contributed by atoms with Crippen LogP contribution >= 0.6 is 0 Å². The number of sulfone groups is 1. The summed E-state index contributed by atoms with van der Waals surface area (Å²) in [5.74, 6) is 0.477. The summed E-state index contributed by atoms with van der Waals surface area (Å²) in [6.07, 6.45) is 2.23.